The molecule has 4 aromatic rings. The standard InChI is InChI=1S/C25H19BrClN3O5/c1-14-29-21-8-7-18(26)11-19(21)24(31)30(14)28-12-16-9-20(27)23(22(10-16)34-2)35-13-15-3-5-17(6-4-15)25(32)33/h3-12H,13H2,1-2H3,(H,32,33). The number of halogens is 2. The monoisotopic (exact) mass is 555 g/mol. The zero-order valence-electron chi connectivity index (χ0n) is 18.7. The van der Waals surface area contributed by atoms with Crippen molar-refractivity contribution in [1.82, 2.24) is 9.66 Å². The summed E-state index contributed by atoms with van der Waals surface area (Å²) in [6.07, 6.45) is 1.49. The first-order valence-electron chi connectivity index (χ1n) is 10.3. The highest BCUT2D eigenvalue weighted by atomic mass is 79.9. The summed E-state index contributed by atoms with van der Waals surface area (Å²) in [5.41, 5.74) is 1.84. The number of hydrogen-bond acceptors (Lipinski definition) is 6. The van der Waals surface area contributed by atoms with Gasteiger partial charge in [0.15, 0.2) is 11.5 Å². The number of aryl methyl sites for hydroxylation is 1. The molecule has 178 valence electrons. The number of methoxy groups -OCH3 is 1. The Morgan fingerprint density at radius 1 is 1.20 bits per heavy atom. The number of aromatic nitrogens is 2. The number of carboxylic acids is 1. The van der Waals surface area contributed by atoms with Crippen LogP contribution in [0.2, 0.25) is 5.02 Å². The van der Waals surface area contributed by atoms with Gasteiger partial charge < -0.3 is 14.6 Å². The van der Waals surface area contributed by atoms with E-state index in [1.807, 2.05) is 6.07 Å². The van der Waals surface area contributed by atoms with E-state index in [-0.39, 0.29) is 22.8 Å². The van der Waals surface area contributed by atoms with Crippen molar-refractivity contribution in [3.05, 3.63) is 97.0 Å². The molecule has 0 bridgehead atoms. The summed E-state index contributed by atoms with van der Waals surface area (Å²) in [5.74, 6) is 0.155. The second-order valence-electron chi connectivity index (χ2n) is 7.51. The summed E-state index contributed by atoms with van der Waals surface area (Å²) in [6.45, 7) is 1.87. The van der Waals surface area contributed by atoms with Crippen molar-refractivity contribution in [3.8, 4) is 11.5 Å². The van der Waals surface area contributed by atoms with Gasteiger partial charge in [-0.25, -0.2) is 9.78 Å². The lowest BCUT2D eigenvalue weighted by atomic mass is 10.1. The number of hydrogen-bond donors (Lipinski definition) is 1. The molecule has 0 atom stereocenters. The number of nitrogens with zero attached hydrogens (tertiary/aromatic N) is 3. The van der Waals surface area contributed by atoms with Crippen LogP contribution in [0.1, 0.15) is 27.3 Å². The maximum Gasteiger partial charge on any atom is 0.335 e. The van der Waals surface area contributed by atoms with Crippen LogP contribution in [-0.4, -0.2) is 34.1 Å². The lowest BCUT2D eigenvalue weighted by molar-refractivity contribution is 0.0697. The quantitative estimate of drug-likeness (QED) is 0.310. The smallest absolute Gasteiger partial charge is 0.335 e. The third-order valence-corrected chi connectivity index (χ3v) is 5.90. The molecule has 0 fully saturated rings. The Hall–Kier alpha value is -3.69. The zero-order valence-corrected chi connectivity index (χ0v) is 21.0. The molecule has 0 radical (unpaired) electrons. The maximum atomic E-state index is 12.9. The minimum atomic E-state index is -0.996. The predicted octanol–water partition coefficient (Wildman–Crippen LogP) is 5.29. The molecule has 8 nitrogen and oxygen atoms in total. The van der Waals surface area contributed by atoms with E-state index in [1.165, 1.54) is 30.1 Å². The summed E-state index contributed by atoms with van der Waals surface area (Å²) >= 11 is 9.83. The van der Waals surface area contributed by atoms with Crippen molar-refractivity contribution >= 4 is 50.6 Å². The second kappa shape index (κ2) is 10.3. The molecular formula is C25H19BrClN3O5. The molecule has 3 aromatic carbocycles. The Labute approximate surface area is 213 Å². The Bertz CT molecular complexity index is 1520. The van der Waals surface area contributed by atoms with E-state index in [1.54, 1.807) is 43.3 Å². The molecular weight excluding hydrogens is 538 g/mol. The van der Waals surface area contributed by atoms with E-state index in [9.17, 15) is 9.59 Å². The van der Waals surface area contributed by atoms with Gasteiger partial charge in [-0.15, -0.1) is 0 Å². The fourth-order valence-corrected chi connectivity index (χ4v) is 4.01. The Morgan fingerprint density at radius 2 is 1.94 bits per heavy atom. The van der Waals surface area contributed by atoms with Crippen LogP contribution in [0.25, 0.3) is 10.9 Å². The Morgan fingerprint density at radius 3 is 2.63 bits per heavy atom. The largest absolute Gasteiger partial charge is 0.493 e. The molecule has 0 aliphatic rings. The average molecular weight is 557 g/mol. The van der Waals surface area contributed by atoms with Gasteiger partial charge >= 0.3 is 5.97 Å². The lowest BCUT2D eigenvalue weighted by Gasteiger charge is -2.13. The van der Waals surface area contributed by atoms with Crippen LogP contribution in [0.5, 0.6) is 11.5 Å². The molecule has 0 aliphatic heterocycles. The summed E-state index contributed by atoms with van der Waals surface area (Å²) in [4.78, 5) is 28.4. The van der Waals surface area contributed by atoms with E-state index in [2.05, 4.69) is 26.0 Å². The fraction of sp³-hybridized carbons (Fsp3) is 0.120. The average Bonchev–Trinajstić information content (AvgIpc) is 2.83. The molecule has 0 spiro atoms. The third-order valence-electron chi connectivity index (χ3n) is 5.13. The van der Waals surface area contributed by atoms with Gasteiger partial charge in [0, 0.05) is 4.47 Å². The van der Waals surface area contributed by atoms with Crippen LogP contribution in [0.15, 0.2) is 69.0 Å². The number of carboxylic acid groups (broad SMARTS) is 1. The van der Waals surface area contributed by atoms with Crippen LogP contribution in [0.3, 0.4) is 0 Å². The fourth-order valence-electron chi connectivity index (χ4n) is 3.37. The molecule has 0 unspecified atom stereocenters. The molecule has 0 saturated heterocycles. The first kappa shape index (κ1) is 24.4. The highest BCUT2D eigenvalue weighted by Crippen LogP contribution is 2.36. The van der Waals surface area contributed by atoms with Crippen molar-refractivity contribution < 1.29 is 19.4 Å². The van der Waals surface area contributed by atoms with Gasteiger partial charge in [-0.05, 0) is 60.5 Å². The van der Waals surface area contributed by atoms with Crippen molar-refractivity contribution in [3.63, 3.8) is 0 Å². The van der Waals surface area contributed by atoms with Gasteiger partial charge in [0.25, 0.3) is 5.56 Å². The minimum absolute atomic E-state index is 0.163. The van der Waals surface area contributed by atoms with E-state index in [4.69, 9.17) is 26.2 Å². The SMILES string of the molecule is COc1cc(C=Nn2c(C)nc3ccc(Br)cc3c2=O)cc(Cl)c1OCc1ccc(C(=O)O)cc1. The highest BCUT2D eigenvalue weighted by molar-refractivity contribution is 9.10. The number of carbonyl (C=O) groups is 1. The van der Waals surface area contributed by atoms with Crippen LogP contribution in [0, 0.1) is 6.92 Å². The highest BCUT2D eigenvalue weighted by Gasteiger charge is 2.13. The summed E-state index contributed by atoms with van der Waals surface area (Å²) < 4.78 is 13.3. The molecule has 4 rings (SSSR count). The second-order valence-corrected chi connectivity index (χ2v) is 8.83. The minimum Gasteiger partial charge on any atom is -0.493 e. The molecule has 10 heteroatoms. The third kappa shape index (κ3) is 5.36. The first-order chi connectivity index (χ1) is 16.8. The summed E-state index contributed by atoms with van der Waals surface area (Å²) in [7, 11) is 1.49. The van der Waals surface area contributed by atoms with Gasteiger partial charge in [-0.3, -0.25) is 4.79 Å². The number of aromatic carboxylic acids is 1. The number of rotatable bonds is 7. The summed E-state index contributed by atoms with van der Waals surface area (Å²) in [5, 5.41) is 14.1. The maximum absolute atomic E-state index is 12.9. The molecule has 0 amide bonds. The number of fused-ring (bicyclic) bond motifs is 1. The molecule has 0 aliphatic carbocycles. The predicted molar refractivity (Wildman–Crippen MR) is 137 cm³/mol. The lowest BCUT2D eigenvalue weighted by Crippen LogP contribution is -2.20. The Kier molecular flexibility index (Phi) is 7.18. The van der Waals surface area contributed by atoms with Gasteiger partial charge in [-0.2, -0.15) is 9.78 Å². The van der Waals surface area contributed by atoms with E-state index < -0.39 is 5.97 Å². The van der Waals surface area contributed by atoms with Crippen LogP contribution >= 0.6 is 27.5 Å². The number of benzene rings is 3. The van der Waals surface area contributed by atoms with Crippen molar-refractivity contribution in [2.75, 3.05) is 7.11 Å². The van der Waals surface area contributed by atoms with E-state index in [0.717, 1.165) is 10.0 Å². The van der Waals surface area contributed by atoms with Gasteiger partial charge in [0.1, 0.15) is 12.4 Å². The van der Waals surface area contributed by atoms with Crippen molar-refractivity contribution in [2.24, 2.45) is 5.10 Å². The van der Waals surface area contributed by atoms with E-state index in [0.29, 0.717) is 33.8 Å². The molecule has 1 aromatic heterocycles. The van der Waals surface area contributed by atoms with Crippen LogP contribution in [0.4, 0.5) is 0 Å². The summed E-state index contributed by atoms with van der Waals surface area (Å²) in [6, 6.07) is 15.0. The van der Waals surface area contributed by atoms with E-state index >= 15 is 0 Å². The van der Waals surface area contributed by atoms with Crippen molar-refractivity contribution in [2.45, 2.75) is 13.5 Å². The molecule has 1 N–H and O–H groups in total. The topological polar surface area (TPSA) is 103 Å². The normalized spacial score (nSPS) is 11.2. The van der Waals surface area contributed by atoms with Crippen LogP contribution < -0.4 is 15.0 Å². The molecule has 1 heterocycles. The number of ether oxygens (including phenoxy) is 2. The molecule has 0 saturated carbocycles. The van der Waals surface area contributed by atoms with Gasteiger partial charge in [-0.1, -0.05) is 39.7 Å². The van der Waals surface area contributed by atoms with Crippen molar-refractivity contribution in [1.29, 1.82) is 0 Å². The first-order valence-corrected chi connectivity index (χ1v) is 11.5. The van der Waals surface area contributed by atoms with Gasteiger partial charge in [0.05, 0.1) is 34.8 Å². The van der Waals surface area contributed by atoms with Gasteiger partial charge in [0.2, 0.25) is 0 Å². The zero-order chi connectivity index (χ0) is 25.1. The van der Waals surface area contributed by atoms with Crippen LogP contribution in [-0.2, 0) is 6.61 Å². The molecule has 35 heavy (non-hydrogen) atoms. The Balaban J connectivity index is 1.60.